The van der Waals surface area contributed by atoms with Crippen LogP contribution in [0.4, 0.5) is 0 Å². The second-order valence-corrected chi connectivity index (χ2v) is 7.27. The van der Waals surface area contributed by atoms with Crippen LogP contribution in [0.1, 0.15) is 33.4 Å². The third kappa shape index (κ3) is 6.24. The molecule has 0 N–H and O–H groups in total. The van der Waals surface area contributed by atoms with E-state index in [0.717, 1.165) is 28.7 Å². The van der Waals surface area contributed by atoms with E-state index in [0.29, 0.717) is 26.4 Å². The smallest absolute Gasteiger partial charge is 0.147 e. The van der Waals surface area contributed by atoms with Crippen molar-refractivity contribution in [1.82, 2.24) is 0 Å². The maximum atomic E-state index is 5.71. The van der Waals surface area contributed by atoms with Crippen LogP contribution < -0.4 is 0 Å². The van der Waals surface area contributed by atoms with E-state index < -0.39 is 0 Å². The number of hydrogen-bond donors (Lipinski definition) is 0. The molecular weight excluding hydrogens is 364 g/mol. The molecule has 3 aromatic rings. The zero-order chi connectivity index (χ0) is 19.7. The van der Waals surface area contributed by atoms with Crippen molar-refractivity contribution >= 4 is 0 Å². The van der Waals surface area contributed by atoms with Gasteiger partial charge in [0.05, 0.1) is 26.4 Å². The molecule has 0 saturated heterocycles. The lowest BCUT2D eigenvalue weighted by atomic mass is 10.0. The van der Waals surface area contributed by atoms with Gasteiger partial charge in [-0.2, -0.15) is 0 Å². The van der Waals surface area contributed by atoms with Gasteiger partial charge < -0.3 is 18.9 Å². The van der Waals surface area contributed by atoms with Crippen LogP contribution in [0.25, 0.3) is 0 Å². The molecule has 1 heterocycles. The Morgan fingerprint density at radius 1 is 0.414 bits per heavy atom. The van der Waals surface area contributed by atoms with Crippen molar-refractivity contribution in [2.75, 3.05) is 13.6 Å². The summed E-state index contributed by atoms with van der Waals surface area (Å²) in [6.07, 6.45) is 0.878. The molecule has 1 aliphatic rings. The third-order valence-electron chi connectivity index (χ3n) is 4.79. The highest BCUT2D eigenvalue weighted by Crippen LogP contribution is 2.15. The fraction of sp³-hybridized carbons (Fsp3) is 0.280. The Hall–Kier alpha value is -2.50. The van der Waals surface area contributed by atoms with E-state index in [4.69, 9.17) is 18.9 Å². The van der Waals surface area contributed by atoms with Crippen LogP contribution in [0.2, 0.25) is 0 Å². The van der Waals surface area contributed by atoms with Crippen molar-refractivity contribution in [2.45, 2.75) is 32.8 Å². The fourth-order valence-corrected chi connectivity index (χ4v) is 3.46. The molecule has 0 fully saturated rings. The molecule has 4 heteroatoms. The number of fused-ring (bicyclic) bond motifs is 6. The zero-order valence-corrected chi connectivity index (χ0v) is 16.5. The molecule has 0 amide bonds. The van der Waals surface area contributed by atoms with Gasteiger partial charge in [-0.25, -0.2) is 0 Å². The van der Waals surface area contributed by atoms with Crippen molar-refractivity contribution in [3.8, 4) is 0 Å². The lowest BCUT2D eigenvalue weighted by Crippen LogP contribution is -2.03. The van der Waals surface area contributed by atoms with Gasteiger partial charge in [-0.3, -0.25) is 0 Å². The minimum Gasteiger partial charge on any atom is -0.351 e. The molecule has 4 rings (SSSR count). The highest BCUT2D eigenvalue weighted by Gasteiger charge is 2.03. The molecule has 1 aliphatic heterocycles. The maximum Gasteiger partial charge on any atom is 0.147 e. The summed E-state index contributed by atoms with van der Waals surface area (Å²) in [4.78, 5) is 0. The van der Waals surface area contributed by atoms with Gasteiger partial charge in [0.1, 0.15) is 13.6 Å². The van der Waals surface area contributed by atoms with E-state index in [9.17, 15) is 0 Å². The Kier molecular flexibility index (Phi) is 7.05. The summed E-state index contributed by atoms with van der Waals surface area (Å²) in [5.74, 6) is 0. The SMILES string of the molecule is c1cc2cc(c1)COCOCc1cccc(c1)Cc1cccc(c1)COCOC2. The van der Waals surface area contributed by atoms with E-state index in [-0.39, 0.29) is 13.6 Å². The number of hydrogen-bond acceptors (Lipinski definition) is 4. The largest absolute Gasteiger partial charge is 0.351 e. The van der Waals surface area contributed by atoms with Gasteiger partial charge in [-0.1, -0.05) is 72.8 Å². The Balaban J connectivity index is 1.47. The summed E-state index contributed by atoms with van der Waals surface area (Å²) in [6, 6.07) is 25.2. The van der Waals surface area contributed by atoms with E-state index in [1.165, 1.54) is 11.1 Å². The molecule has 0 unspecified atom stereocenters. The highest BCUT2D eigenvalue weighted by atomic mass is 16.7. The number of ether oxygens (including phenoxy) is 4. The van der Waals surface area contributed by atoms with Gasteiger partial charge in [0, 0.05) is 0 Å². The third-order valence-corrected chi connectivity index (χ3v) is 4.79. The van der Waals surface area contributed by atoms with Crippen molar-refractivity contribution in [3.05, 3.63) is 106 Å². The summed E-state index contributed by atoms with van der Waals surface area (Å²) in [6.45, 7) is 2.63. The first kappa shape index (κ1) is 19.8. The molecule has 150 valence electrons. The summed E-state index contributed by atoms with van der Waals surface area (Å²) >= 11 is 0. The monoisotopic (exact) mass is 390 g/mol. The summed E-state index contributed by atoms with van der Waals surface area (Å²) in [5.41, 5.74) is 7.03. The summed E-state index contributed by atoms with van der Waals surface area (Å²) in [7, 11) is 0. The molecule has 6 bridgehead atoms. The van der Waals surface area contributed by atoms with Crippen molar-refractivity contribution in [1.29, 1.82) is 0 Å². The van der Waals surface area contributed by atoms with E-state index >= 15 is 0 Å². The first-order valence-corrected chi connectivity index (χ1v) is 9.89. The predicted octanol–water partition coefficient (Wildman–Crippen LogP) is 4.97. The van der Waals surface area contributed by atoms with Gasteiger partial charge >= 0.3 is 0 Å². The van der Waals surface area contributed by atoms with Crippen LogP contribution in [-0.4, -0.2) is 13.6 Å². The van der Waals surface area contributed by atoms with E-state index in [2.05, 4.69) is 54.6 Å². The Labute approximate surface area is 172 Å². The van der Waals surface area contributed by atoms with Crippen LogP contribution in [0.5, 0.6) is 0 Å². The van der Waals surface area contributed by atoms with Crippen LogP contribution in [0.3, 0.4) is 0 Å². The van der Waals surface area contributed by atoms with Gasteiger partial charge in [0.15, 0.2) is 0 Å². The molecule has 0 atom stereocenters. The van der Waals surface area contributed by atoms with Crippen LogP contribution in [0, 0.1) is 0 Å². The first-order valence-electron chi connectivity index (χ1n) is 9.89. The van der Waals surface area contributed by atoms with Crippen molar-refractivity contribution in [2.24, 2.45) is 0 Å². The number of benzene rings is 3. The average molecular weight is 390 g/mol. The highest BCUT2D eigenvalue weighted by molar-refractivity contribution is 5.31. The van der Waals surface area contributed by atoms with Gasteiger partial charge in [-0.15, -0.1) is 0 Å². The predicted molar refractivity (Wildman–Crippen MR) is 111 cm³/mol. The quantitative estimate of drug-likeness (QED) is 0.543. The van der Waals surface area contributed by atoms with Crippen molar-refractivity contribution in [3.63, 3.8) is 0 Å². The molecule has 0 radical (unpaired) electrons. The normalized spacial score (nSPS) is 16.1. The van der Waals surface area contributed by atoms with Gasteiger partial charge in [-0.05, 0) is 39.8 Å². The van der Waals surface area contributed by atoms with E-state index in [1.807, 2.05) is 18.2 Å². The van der Waals surface area contributed by atoms with Crippen LogP contribution >= 0.6 is 0 Å². The molecule has 0 aliphatic carbocycles. The van der Waals surface area contributed by atoms with Crippen molar-refractivity contribution < 1.29 is 18.9 Å². The Morgan fingerprint density at radius 2 is 0.724 bits per heavy atom. The lowest BCUT2D eigenvalue weighted by molar-refractivity contribution is -0.0702. The summed E-state index contributed by atoms with van der Waals surface area (Å²) < 4.78 is 22.7. The zero-order valence-electron chi connectivity index (χ0n) is 16.5. The molecular formula is C25H26O4. The average Bonchev–Trinajstić information content (AvgIpc) is 2.74. The Morgan fingerprint density at radius 3 is 1.10 bits per heavy atom. The molecule has 3 aromatic carbocycles. The molecule has 0 aromatic heterocycles. The first-order chi connectivity index (χ1) is 14.3. The topological polar surface area (TPSA) is 36.9 Å². The maximum absolute atomic E-state index is 5.71. The van der Waals surface area contributed by atoms with Gasteiger partial charge in [0.2, 0.25) is 0 Å². The molecule has 4 nitrogen and oxygen atoms in total. The second-order valence-electron chi connectivity index (χ2n) is 7.27. The number of rotatable bonds is 0. The molecule has 0 spiro atoms. The second kappa shape index (κ2) is 10.3. The minimum absolute atomic E-state index is 0.265. The fourth-order valence-electron chi connectivity index (χ4n) is 3.46. The lowest BCUT2D eigenvalue weighted by Gasteiger charge is -2.11. The summed E-state index contributed by atoms with van der Waals surface area (Å²) in [5, 5.41) is 0. The molecule has 29 heavy (non-hydrogen) atoms. The Bertz CT molecular complexity index is 851. The van der Waals surface area contributed by atoms with Gasteiger partial charge in [0.25, 0.3) is 0 Å². The van der Waals surface area contributed by atoms with Crippen LogP contribution in [0.15, 0.2) is 72.8 Å². The molecule has 0 saturated carbocycles. The minimum atomic E-state index is 0.265. The van der Waals surface area contributed by atoms with Crippen LogP contribution in [-0.2, 0) is 51.8 Å². The van der Waals surface area contributed by atoms with E-state index in [1.54, 1.807) is 0 Å². The standard InChI is InChI=1S/C25H26O4/c1-4-20-10-21-5-2-7-23(12-21)15-27-19-29-17-25-9-3-8-24(13-25)16-28-18-26-14-22(6-1)11-20/h1-9,11-13H,10,14-19H2.